The van der Waals surface area contributed by atoms with Crippen molar-refractivity contribution in [2.24, 2.45) is 5.41 Å². The number of hydrogen-bond donors (Lipinski definition) is 1. The fourth-order valence-electron chi connectivity index (χ4n) is 2.98. The van der Waals surface area contributed by atoms with Crippen LogP contribution in [0.5, 0.6) is 0 Å². The SMILES string of the molecule is CC1(CO)CCCN(C(=O)c2cnc(-c3ccccc3)nc2)C1. The first-order chi connectivity index (χ1) is 11.1. The van der Waals surface area contributed by atoms with Crippen LogP contribution in [0.2, 0.25) is 0 Å². The van der Waals surface area contributed by atoms with Crippen LogP contribution in [0, 0.1) is 5.41 Å². The highest BCUT2D eigenvalue weighted by molar-refractivity contribution is 5.93. The molecule has 23 heavy (non-hydrogen) atoms. The summed E-state index contributed by atoms with van der Waals surface area (Å²) in [5.74, 6) is 0.546. The van der Waals surface area contributed by atoms with E-state index in [0.717, 1.165) is 24.9 Å². The molecule has 0 radical (unpaired) electrons. The third-order valence-electron chi connectivity index (χ3n) is 4.38. The van der Waals surface area contributed by atoms with Gasteiger partial charge in [-0.1, -0.05) is 37.3 Å². The Labute approximate surface area is 136 Å². The molecule has 1 saturated heterocycles. The second-order valence-electron chi connectivity index (χ2n) is 6.46. The summed E-state index contributed by atoms with van der Waals surface area (Å²) in [5.41, 5.74) is 1.21. The molecule has 120 valence electrons. The van der Waals surface area contributed by atoms with Crippen molar-refractivity contribution in [1.29, 1.82) is 0 Å². The van der Waals surface area contributed by atoms with Gasteiger partial charge in [-0.2, -0.15) is 0 Å². The molecular weight excluding hydrogens is 290 g/mol. The largest absolute Gasteiger partial charge is 0.396 e. The molecule has 2 heterocycles. The van der Waals surface area contributed by atoms with E-state index in [1.165, 1.54) is 0 Å². The summed E-state index contributed by atoms with van der Waals surface area (Å²) in [7, 11) is 0. The molecule has 1 aliphatic rings. The van der Waals surface area contributed by atoms with Gasteiger partial charge >= 0.3 is 0 Å². The highest BCUT2D eigenvalue weighted by Gasteiger charge is 2.33. The number of benzene rings is 1. The smallest absolute Gasteiger partial charge is 0.257 e. The Hall–Kier alpha value is -2.27. The quantitative estimate of drug-likeness (QED) is 0.945. The average molecular weight is 311 g/mol. The zero-order chi connectivity index (χ0) is 16.3. The van der Waals surface area contributed by atoms with E-state index in [1.54, 1.807) is 17.3 Å². The second kappa shape index (κ2) is 6.46. The van der Waals surface area contributed by atoms with Crippen molar-refractivity contribution < 1.29 is 9.90 Å². The molecule has 1 aliphatic heterocycles. The van der Waals surface area contributed by atoms with Crippen LogP contribution in [0.1, 0.15) is 30.1 Å². The van der Waals surface area contributed by atoms with Gasteiger partial charge in [0, 0.05) is 36.5 Å². The lowest BCUT2D eigenvalue weighted by atomic mass is 9.82. The zero-order valence-electron chi connectivity index (χ0n) is 13.3. The number of amides is 1. The molecule has 1 unspecified atom stereocenters. The molecule has 1 fully saturated rings. The highest BCUT2D eigenvalue weighted by atomic mass is 16.3. The summed E-state index contributed by atoms with van der Waals surface area (Å²) in [4.78, 5) is 23.0. The number of likely N-dealkylation sites (tertiary alicyclic amines) is 1. The molecule has 0 spiro atoms. The fourth-order valence-corrected chi connectivity index (χ4v) is 2.98. The highest BCUT2D eigenvalue weighted by Crippen LogP contribution is 2.29. The van der Waals surface area contributed by atoms with Crippen LogP contribution < -0.4 is 0 Å². The molecule has 1 aromatic carbocycles. The summed E-state index contributed by atoms with van der Waals surface area (Å²) < 4.78 is 0. The number of carbonyl (C=O) groups is 1. The van der Waals surface area contributed by atoms with E-state index in [4.69, 9.17) is 0 Å². The van der Waals surface area contributed by atoms with Gasteiger partial charge < -0.3 is 10.0 Å². The number of aliphatic hydroxyl groups is 1. The van der Waals surface area contributed by atoms with E-state index in [2.05, 4.69) is 9.97 Å². The van der Waals surface area contributed by atoms with Crippen LogP contribution in [0.15, 0.2) is 42.7 Å². The maximum atomic E-state index is 12.6. The molecule has 2 aromatic rings. The van der Waals surface area contributed by atoms with Crippen molar-refractivity contribution in [3.05, 3.63) is 48.3 Å². The van der Waals surface area contributed by atoms with Gasteiger partial charge in [0.1, 0.15) is 0 Å². The van der Waals surface area contributed by atoms with Gasteiger partial charge in [0.15, 0.2) is 5.82 Å². The summed E-state index contributed by atoms with van der Waals surface area (Å²) in [6.07, 6.45) is 5.02. The molecule has 3 rings (SSSR count). The predicted octanol–water partition coefficient (Wildman–Crippen LogP) is 2.38. The zero-order valence-corrected chi connectivity index (χ0v) is 13.3. The van der Waals surface area contributed by atoms with Crippen molar-refractivity contribution in [1.82, 2.24) is 14.9 Å². The van der Waals surface area contributed by atoms with Crippen LogP contribution in [0.25, 0.3) is 11.4 Å². The van der Waals surface area contributed by atoms with E-state index < -0.39 is 0 Å². The average Bonchev–Trinajstić information content (AvgIpc) is 2.62. The number of hydrogen-bond acceptors (Lipinski definition) is 4. The lowest BCUT2D eigenvalue weighted by Crippen LogP contribution is -2.46. The first kappa shape index (κ1) is 15.6. The lowest BCUT2D eigenvalue weighted by Gasteiger charge is -2.39. The normalized spacial score (nSPS) is 21.2. The number of aliphatic hydroxyl groups excluding tert-OH is 1. The number of aromatic nitrogens is 2. The van der Waals surface area contributed by atoms with Crippen LogP contribution in [0.4, 0.5) is 0 Å². The predicted molar refractivity (Wildman–Crippen MR) is 87.8 cm³/mol. The summed E-state index contributed by atoms with van der Waals surface area (Å²) >= 11 is 0. The second-order valence-corrected chi connectivity index (χ2v) is 6.46. The number of carbonyl (C=O) groups excluding carboxylic acids is 1. The van der Waals surface area contributed by atoms with Gasteiger partial charge in [0.05, 0.1) is 12.2 Å². The van der Waals surface area contributed by atoms with Crippen molar-refractivity contribution in [2.75, 3.05) is 19.7 Å². The Bertz CT molecular complexity index is 672. The van der Waals surface area contributed by atoms with Crippen LogP contribution >= 0.6 is 0 Å². The Morgan fingerprint density at radius 3 is 2.61 bits per heavy atom. The molecule has 1 N–H and O–H groups in total. The molecule has 5 heteroatoms. The van der Waals surface area contributed by atoms with Crippen molar-refractivity contribution >= 4 is 5.91 Å². The number of piperidine rings is 1. The van der Waals surface area contributed by atoms with Crippen LogP contribution in [-0.4, -0.2) is 45.6 Å². The van der Waals surface area contributed by atoms with Gasteiger partial charge in [-0.25, -0.2) is 9.97 Å². The first-order valence-electron chi connectivity index (χ1n) is 7.89. The number of rotatable bonds is 3. The molecule has 1 amide bonds. The fraction of sp³-hybridized carbons (Fsp3) is 0.389. The summed E-state index contributed by atoms with van der Waals surface area (Å²) in [6, 6.07) is 9.68. The summed E-state index contributed by atoms with van der Waals surface area (Å²) in [5, 5.41) is 9.52. The van der Waals surface area contributed by atoms with Crippen LogP contribution in [-0.2, 0) is 0 Å². The Kier molecular flexibility index (Phi) is 4.39. The lowest BCUT2D eigenvalue weighted by molar-refractivity contribution is 0.0357. The first-order valence-corrected chi connectivity index (χ1v) is 7.89. The van der Waals surface area contributed by atoms with Crippen molar-refractivity contribution in [3.63, 3.8) is 0 Å². The van der Waals surface area contributed by atoms with E-state index in [-0.39, 0.29) is 17.9 Å². The topological polar surface area (TPSA) is 66.3 Å². The van der Waals surface area contributed by atoms with Crippen LogP contribution in [0.3, 0.4) is 0 Å². The maximum absolute atomic E-state index is 12.6. The Morgan fingerprint density at radius 2 is 1.96 bits per heavy atom. The maximum Gasteiger partial charge on any atom is 0.257 e. The monoisotopic (exact) mass is 311 g/mol. The van der Waals surface area contributed by atoms with Gasteiger partial charge in [0.2, 0.25) is 0 Å². The van der Waals surface area contributed by atoms with Gasteiger partial charge in [-0.15, -0.1) is 0 Å². The third kappa shape index (κ3) is 3.40. The molecule has 0 aliphatic carbocycles. The van der Waals surface area contributed by atoms with Crippen molar-refractivity contribution in [3.8, 4) is 11.4 Å². The van der Waals surface area contributed by atoms with E-state index in [1.807, 2.05) is 37.3 Å². The van der Waals surface area contributed by atoms with E-state index in [9.17, 15) is 9.90 Å². The standard InChI is InChI=1S/C18H21N3O2/c1-18(13-22)8-5-9-21(12-18)17(23)15-10-19-16(20-11-15)14-6-3-2-4-7-14/h2-4,6-7,10-11,22H,5,8-9,12-13H2,1H3. The number of nitrogens with zero attached hydrogens (tertiary/aromatic N) is 3. The van der Waals surface area contributed by atoms with Gasteiger partial charge in [0.25, 0.3) is 5.91 Å². The molecule has 5 nitrogen and oxygen atoms in total. The minimum atomic E-state index is -0.210. The summed E-state index contributed by atoms with van der Waals surface area (Å²) in [6.45, 7) is 3.40. The molecule has 1 aromatic heterocycles. The van der Waals surface area contributed by atoms with Gasteiger partial charge in [-0.05, 0) is 12.8 Å². The molecular formula is C18H21N3O2. The van der Waals surface area contributed by atoms with E-state index >= 15 is 0 Å². The Balaban J connectivity index is 1.75. The molecule has 0 bridgehead atoms. The minimum Gasteiger partial charge on any atom is -0.396 e. The molecule has 0 saturated carbocycles. The minimum absolute atomic E-state index is 0.0658. The third-order valence-corrected chi connectivity index (χ3v) is 4.38. The Morgan fingerprint density at radius 1 is 1.26 bits per heavy atom. The van der Waals surface area contributed by atoms with Gasteiger partial charge in [-0.3, -0.25) is 4.79 Å². The molecule has 1 atom stereocenters. The van der Waals surface area contributed by atoms with E-state index in [0.29, 0.717) is 17.9 Å². The van der Waals surface area contributed by atoms with Crippen molar-refractivity contribution in [2.45, 2.75) is 19.8 Å².